The molecule has 27 heavy (non-hydrogen) atoms. The van der Waals surface area contributed by atoms with E-state index >= 15 is 0 Å². The smallest absolute Gasteiger partial charge is 0.251 e. The number of para-hydroxylation sites is 1. The molecule has 0 aromatic heterocycles. The van der Waals surface area contributed by atoms with Crippen LogP contribution in [0.25, 0.3) is 0 Å². The standard InChI is InChI=1S/C20H26N2O4S/c1-14(2)12-21-20(23)18-11-17(10-9-15(18)3)27(24,25)22-13-16-7-5-6-8-19(16)26-4/h5-11,14,22H,12-13H2,1-4H3,(H,21,23). The van der Waals surface area contributed by atoms with Crippen LogP contribution in [0.15, 0.2) is 47.4 Å². The Labute approximate surface area is 161 Å². The van der Waals surface area contributed by atoms with Gasteiger partial charge in [-0.3, -0.25) is 4.79 Å². The number of carbonyl (C=O) groups is 1. The molecule has 0 saturated heterocycles. The summed E-state index contributed by atoms with van der Waals surface area (Å²) in [6.45, 7) is 6.39. The average Bonchev–Trinajstić information content (AvgIpc) is 2.64. The number of ether oxygens (including phenoxy) is 1. The molecule has 7 heteroatoms. The Kier molecular flexibility index (Phi) is 6.98. The van der Waals surface area contributed by atoms with E-state index in [0.29, 0.717) is 23.8 Å². The minimum absolute atomic E-state index is 0.0534. The molecule has 0 fully saturated rings. The number of benzene rings is 2. The van der Waals surface area contributed by atoms with Gasteiger partial charge in [-0.25, -0.2) is 13.1 Å². The van der Waals surface area contributed by atoms with Gasteiger partial charge in [-0.1, -0.05) is 38.1 Å². The Balaban J connectivity index is 2.20. The first-order valence-electron chi connectivity index (χ1n) is 8.75. The summed E-state index contributed by atoms with van der Waals surface area (Å²) in [6, 6.07) is 11.7. The van der Waals surface area contributed by atoms with Crippen LogP contribution in [0.3, 0.4) is 0 Å². The van der Waals surface area contributed by atoms with Crippen molar-refractivity contribution in [2.75, 3.05) is 13.7 Å². The summed E-state index contributed by atoms with van der Waals surface area (Å²) in [5, 5.41) is 2.82. The molecular formula is C20H26N2O4S. The second kappa shape index (κ2) is 9.01. The molecule has 2 aromatic carbocycles. The summed E-state index contributed by atoms with van der Waals surface area (Å²) in [6.07, 6.45) is 0. The van der Waals surface area contributed by atoms with Crippen LogP contribution in [0.5, 0.6) is 5.75 Å². The van der Waals surface area contributed by atoms with Gasteiger partial charge in [0.1, 0.15) is 5.75 Å². The first kappa shape index (κ1) is 20.9. The van der Waals surface area contributed by atoms with Crippen molar-refractivity contribution in [1.29, 1.82) is 0 Å². The SMILES string of the molecule is COc1ccccc1CNS(=O)(=O)c1ccc(C)c(C(=O)NCC(C)C)c1. The van der Waals surface area contributed by atoms with Gasteiger partial charge in [0, 0.05) is 24.2 Å². The molecule has 0 radical (unpaired) electrons. The maximum absolute atomic E-state index is 12.7. The molecule has 6 nitrogen and oxygen atoms in total. The van der Waals surface area contributed by atoms with Crippen LogP contribution in [0.2, 0.25) is 0 Å². The fourth-order valence-electron chi connectivity index (χ4n) is 2.51. The number of amides is 1. The Hall–Kier alpha value is -2.38. The van der Waals surface area contributed by atoms with E-state index in [1.165, 1.54) is 19.2 Å². The summed E-state index contributed by atoms with van der Waals surface area (Å²) >= 11 is 0. The van der Waals surface area contributed by atoms with Gasteiger partial charge in [-0.15, -0.1) is 0 Å². The lowest BCUT2D eigenvalue weighted by molar-refractivity contribution is 0.0948. The monoisotopic (exact) mass is 390 g/mol. The predicted octanol–water partition coefficient (Wildman–Crippen LogP) is 2.87. The zero-order valence-electron chi connectivity index (χ0n) is 16.1. The number of methoxy groups -OCH3 is 1. The molecule has 0 heterocycles. The maximum Gasteiger partial charge on any atom is 0.251 e. The van der Waals surface area contributed by atoms with Crippen LogP contribution in [-0.2, 0) is 16.6 Å². The lowest BCUT2D eigenvalue weighted by atomic mass is 10.1. The van der Waals surface area contributed by atoms with E-state index < -0.39 is 10.0 Å². The van der Waals surface area contributed by atoms with E-state index in [1.807, 2.05) is 26.0 Å². The van der Waals surface area contributed by atoms with E-state index in [4.69, 9.17) is 4.74 Å². The highest BCUT2D eigenvalue weighted by Gasteiger charge is 2.18. The topological polar surface area (TPSA) is 84.5 Å². The van der Waals surface area contributed by atoms with E-state index in [0.717, 1.165) is 11.1 Å². The minimum atomic E-state index is -3.77. The van der Waals surface area contributed by atoms with Crippen LogP contribution >= 0.6 is 0 Å². The van der Waals surface area contributed by atoms with Crippen LogP contribution in [-0.4, -0.2) is 28.0 Å². The van der Waals surface area contributed by atoms with Crippen LogP contribution in [0.1, 0.15) is 35.3 Å². The van der Waals surface area contributed by atoms with E-state index in [1.54, 1.807) is 25.1 Å². The van der Waals surface area contributed by atoms with Gasteiger partial charge in [0.05, 0.1) is 12.0 Å². The number of hydrogen-bond donors (Lipinski definition) is 2. The molecule has 2 N–H and O–H groups in total. The summed E-state index contributed by atoms with van der Waals surface area (Å²) in [7, 11) is -2.24. The number of nitrogens with one attached hydrogen (secondary N) is 2. The predicted molar refractivity (Wildman–Crippen MR) is 105 cm³/mol. The molecule has 1 amide bonds. The molecule has 0 spiro atoms. The van der Waals surface area contributed by atoms with Gasteiger partial charge >= 0.3 is 0 Å². The third kappa shape index (κ3) is 5.55. The second-order valence-electron chi connectivity index (χ2n) is 6.72. The van der Waals surface area contributed by atoms with Crippen molar-refractivity contribution in [3.05, 3.63) is 59.2 Å². The summed E-state index contributed by atoms with van der Waals surface area (Å²) in [4.78, 5) is 12.4. The first-order valence-corrected chi connectivity index (χ1v) is 10.2. The van der Waals surface area contributed by atoms with E-state index in [-0.39, 0.29) is 17.3 Å². The maximum atomic E-state index is 12.7. The van der Waals surface area contributed by atoms with Gasteiger partial charge < -0.3 is 10.1 Å². The molecule has 146 valence electrons. The second-order valence-corrected chi connectivity index (χ2v) is 8.48. The zero-order valence-corrected chi connectivity index (χ0v) is 16.9. The van der Waals surface area contributed by atoms with Crippen molar-refractivity contribution in [3.63, 3.8) is 0 Å². The summed E-state index contributed by atoms with van der Waals surface area (Å²) < 4.78 is 33.2. The molecule has 2 rings (SSSR count). The van der Waals surface area contributed by atoms with Gasteiger partial charge in [0.25, 0.3) is 5.91 Å². The van der Waals surface area contributed by atoms with E-state index in [9.17, 15) is 13.2 Å². The third-order valence-electron chi connectivity index (χ3n) is 4.08. The van der Waals surface area contributed by atoms with Gasteiger partial charge in [-0.05, 0) is 36.6 Å². The molecule has 0 aliphatic rings. The Bertz CT molecular complexity index is 908. The molecule has 2 aromatic rings. The summed E-state index contributed by atoms with van der Waals surface area (Å²) in [5.74, 6) is 0.643. The zero-order chi connectivity index (χ0) is 20.0. The van der Waals surface area contributed by atoms with Crippen molar-refractivity contribution >= 4 is 15.9 Å². The molecule has 0 saturated carbocycles. The third-order valence-corrected chi connectivity index (χ3v) is 5.48. The number of sulfonamides is 1. The lowest BCUT2D eigenvalue weighted by Gasteiger charge is -2.13. The highest BCUT2D eigenvalue weighted by molar-refractivity contribution is 7.89. The number of carbonyl (C=O) groups excluding carboxylic acids is 1. The van der Waals surface area contributed by atoms with Crippen LogP contribution in [0.4, 0.5) is 0 Å². The quantitative estimate of drug-likeness (QED) is 0.726. The molecular weight excluding hydrogens is 364 g/mol. The Morgan fingerprint density at radius 1 is 1.15 bits per heavy atom. The van der Waals surface area contributed by atoms with E-state index in [2.05, 4.69) is 10.0 Å². The fourth-order valence-corrected chi connectivity index (χ4v) is 3.54. The average molecular weight is 391 g/mol. The van der Waals surface area contributed by atoms with Gasteiger partial charge in [0.2, 0.25) is 10.0 Å². The number of hydrogen-bond acceptors (Lipinski definition) is 4. The lowest BCUT2D eigenvalue weighted by Crippen LogP contribution is -2.28. The summed E-state index contributed by atoms with van der Waals surface area (Å²) in [5.41, 5.74) is 1.81. The number of aryl methyl sites for hydroxylation is 1. The van der Waals surface area contributed by atoms with Crippen LogP contribution < -0.4 is 14.8 Å². The Morgan fingerprint density at radius 3 is 2.52 bits per heavy atom. The van der Waals surface area contributed by atoms with Crippen molar-refractivity contribution < 1.29 is 17.9 Å². The number of rotatable bonds is 8. The molecule has 0 atom stereocenters. The fraction of sp³-hybridized carbons (Fsp3) is 0.350. The molecule has 0 bridgehead atoms. The largest absolute Gasteiger partial charge is 0.496 e. The molecule has 0 aliphatic carbocycles. The van der Waals surface area contributed by atoms with Crippen molar-refractivity contribution in [1.82, 2.24) is 10.0 Å². The minimum Gasteiger partial charge on any atom is -0.496 e. The highest BCUT2D eigenvalue weighted by Crippen LogP contribution is 2.19. The van der Waals surface area contributed by atoms with Gasteiger partial charge in [0.15, 0.2) is 0 Å². The Morgan fingerprint density at radius 2 is 1.85 bits per heavy atom. The molecule has 0 aliphatic heterocycles. The molecule has 0 unspecified atom stereocenters. The van der Waals surface area contributed by atoms with Gasteiger partial charge in [-0.2, -0.15) is 0 Å². The van der Waals surface area contributed by atoms with Crippen molar-refractivity contribution in [2.24, 2.45) is 5.92 Å². The van der Waals surface area contributed by atoms with Crippen LogP contribution in [0, 0.1) is 12.8 Å². The van der Waals surface area contributed by atoms with Crippen molar-refractivity contribution in [2.45, 2.75) is 32.2 Å². The normalized spacial score (nSPS) is 11.4. The van der Waals surface area contributed by atoms with Crippen molar-refractivity contribution in [3.8, 4) is 5.75 Å². The highest BCUT2D eigenvalue weighted by atomic mass is 32.2. The first-order chi connectivity index (χ1) is 12.7.